The number of benzene rings is 1. The monoisotopic (exact) mass is 196 g/mol. The molecule has 0 aromatic heterocycles. The van der Waals surface area contributed by atoms with Crippen LogP contribution in [-0.4, -0.2) is 0 Å². The third-order valence-corrected chi connectivity index (χ3v) is 1.66. The van der Waals surface area contributed by atoms with Gasteiger partial charge in [0, 0.05) is 0 Å². The van der Waals surface area contributed by atoms with Crippen molar-refractivity contribution in [2.24, 2.45) is 10.2 Å². The van der Waals surface area contributed by atoms with E-state index in [0.29, 0.717) is 11.4 Å². The molecule has 4 nitrogen and oxygen atoms in total. The second-order valence-electron chi connectivity index (χ2n) is 2.72. The molecule has 0 aliphatic carbocycles. The van der Waals surface area contributed by atoms with Crippen molar-refractivity contribution in [3.8, 4) is 12.1 Å². The predicted molar refractivity (Wildman–Crippen MR) is 54.9 cm³/mol. The molecule has 0 saturated carbocycles. The van der Waals surface area contributed by atoms with Gasteiger partial charge < -0.3 is 0 Å². The average Bonchev–Trinajstić information content (AvgIpc) is 2.29. The molecule has 0 spiro atoms. The minimum Gasteiger partial charge on any atom is -0.192 e. The summed E-state index contributed by atoms with van der Waals surface area (Å²) in [7, 11) is 0. The molecule has 0 unspecified atom stereocenters. The van der Waals surface area contributed by atoms with Gasteiger partial charge in [0.2, 0.25) is 0 Å². The number of azo groups is 1. The standard InChI is InChI=1S/C11H8N4/c1-9(10(7-12)8-13)14-15-11-5-3-2-4-6-11/h2-6H,1H3. The van der Waals surface area contributed by atoms with Gasteiger partial charge in [-0.05, 0) is 19.1 Å². The molecule has 1 rings (SSSR count). The van der Waals surface area contributed by atoms with Crippen molar-refractivity contribution >= 4 is 5.69 Å². The maximum atomic E-state index is 8.56. The van der Waals surface area contributed by atoms with Crippen molar-refractivity contribution < 1.29 is 0 Å². The number of hydrogen-bond donors (Lipinski definition) is 0. The summed E-state index contributed by atoms with van der Waals surface area (Å²) in [4.78, 5) is 0. The third-order valence-electron chi connectivity index (χ3n) is 1.66. The van der Waals surface area contributed by atoms with Gasteiger partial charge in [0.15, 0.2) is 5.57 Å². The molecule has 0 amide bonds. The van der Waals surface area contributed by atoms with Crippen LogP contribution in [0.1, 0.15) is 6.92 Å². The Hall–Kier alpha value is -2.46. The van der Waals surface area contributed by atoms with Crippen molar-refractivity contribution in [2.45, 2.75) is 6.92 Å². The lowest BCUT2D eigenvalue weighted by Gasteiger charge is -1.91. The first-order valence-corrected chi connectivity index (χ1v) is 4.26. The summed E-state index contributed by atoms with van der Waals surface area (Å²) in [5.41, 5.74) is 0.991. The number of nitriles is 2. The van der Waals surface area contributed by atoms with E-state index >= 15 is 0 Å². The second-order valence-corrected chi connectivity index (χ2v) is 2.72. The van der Waals surface area contributed by atoms with Crippen LogP contribution in [-0.2, 0) is 0 Å². The van der Waals surface area contributed by atoms with Crippen molar-refractivity contribution in [1.82, 2.24) is 0 Å². The molecule has 0 atom stereocenters. The van der Waals surface area contributed by atoms with Gasteiger partial charge in [-0.25, -0.2) is 0 Å². The van der Waals surface area contributed by atoms with Gasteiger partial charge in [-0.15, -0.1) is 0 Å². The van der Waals surface area contributed by atoms with Crippen molar-refractivity contribution in [2.75, 3.05) is 0 Å². The van der Waals surface area contributed by atoms with Gasteiger partial charge >= 0.3 is 0 Å². The molecule has 0 bridgehead atoms. The lowest BCUT2D eigenvalue weighted by atomic mass is 10.3. The molecular formula is C11H8N4. The van der Waals surface area contributed by atoms with Gasteiger partial charge in [-0.3, -0.25) is 0 Å². The van der Waals surface area contributed by atoms with Crippen molar-refractivity contribution in [1.29, 1.82) is 10.5 Å². The zero-order valence-corrected chi connectivity index (χ0v) is 8.18. The molecule has 0 aliphatic rings. The highest BCUT2D eigenvalue weighted by Crippen LogP contribution is 2.13. The first-order chi connectivity index (χ1) is 7.27. The third kappa shape index (κ3) is 3.06. The Labute approximate surface area is 87.8 Å². The lowest BCUT2D eigenvalue weighted by molar-refractivity contribution is 1.11. The van der Waals surface area contributed by atoms with E-state index in [2.05, 4.69) is 10.2 Å². The Balaban J connectivity index is 2.90. The molecule has 4 heteroatoms. The van der Waals surface area contributed by atoms with E-state index in [-0.39, 0.29) is 5.57 Å². The Bertz CT molecular complexity index is 456. The minimum absolute atomic E-state index is 0.0188. The van der Waals surface area contributed by atoms with Crippen molar-refractivity contribution in [3.05, 3.63) is 41.6 Å². The quantitative estimate of drug-likeness (QED) is 0.538. The second kappa shape index (κ2) is 5.31. The van der Waals surface area contributed by atoms with Crippen molar-refractivity contribution in [3.63, 3.8) is 0 Å². The van der Waals surface area contributed by atoms with E-state index in [9.17, 15) is 0 Å². The summed E-state index contributed by atoms with van der Waals surface area (Å²) in [6, 6.07) is 12.6. The largest absolute Gasteiger partial charge is 0.192 e. The van der Waals surface area contributed by atoms with Gasteiger partial charge in [-0.2, -0.15) is 20.8 Å². The van der Waals surface area contributed by atoms with Gasteiger partial charge in [-0.1, -0.05) is 18.2 Å². The topological polar surface area (TPSA) is 72.3 Å². The Morgan fingerprint density at radius 1 is 1.13 bits per heavy atom. The first-order valence-electron chi connectivity index (χ1n) is 4.26. The lowest BCUT2D eigenvalue weighted by Crippen LogP contribution is -1.77. The zero-order chi connectivity index (χ0) is 11.1. The number of allylic oxidation sites excluding steroid dienone is 2. The maximum absolute atomic E-state index is 8.56. The summed E-state index contributed by atoms with van der Waals surface area (Å²) < 4.78 is 0. The smallest absolute Gasteiger partial charge is 0.152 e. The minimum atomic E-state index is -0.0188. The maximum Gasteiger partial charge on any atom is 0.152 e. The van der Waals surface area contributed by atoms with Crippen LogP contribution in [0.2, 0.25) is 0 Å². The van der Waals surface area contributed by atoms with Gasteiger partial charge in [0.25, 0.3) is 0 Å². The average molecular weight is 196 g/mol. The Kier molecular flexibility index (Phi) is 3.76. The Morgan fingerprint density at radius 3 is 2.27 bits per heavy atom. The molecule has 0 radical (unpaired) electrons. The highest BCUT2D eigenvalue weighted by Gasteiger charge is 1.98. The molecule has 72 valence electrons. The van der Waals surface area contributed by atoms with Crippen LogP contribution in [0.15, 0.2) is 51.8 Å². The predicted octanol–water partition coefficient (Wildman–Crippen LogP) is 3.09. The van der Waals surface area contributed by atoms with E-state index in [1.54, 1.807) is 31.2 Å². The van der Waals surface area contributed by atoms with Gasteiger partial charge in [0.1, 0.15) is 12.1 Å². The zero-order valence-electron chi connectivity index (χ0n) is 8.18. The fraction of sp³-hybridized carbons (Fsp3) is 0.0909. The number of rotatable bonds is 2. The highest BCUT2D eigenvalue weighted by atomic mass is 15.1. The van der Waals surface area contributed by atoms with E-state index < -0.39 is 0 Å². The molecule has 0 saturated heterocycles. The summed E-state index contributed by atoms with van der Waals surface area (Å²) in [6.45, 7) is 1.58. The van der Waals surface area contributed by atoms with Crippen LogP contribution in [0.5, 0.6) is 0 Å². The molecular weight excluding hydrogens is 188 g/mol. The van der Waals surface area contributed by atoms with E-state index in [1.165, 1.54) is 0 Å². The fourth-order valence-electron chi connectivity index (χ4n) is 0.864. The summed E-state index contributed by atoms with van der Waals surface area (Å²) in [5, 5.41) is 24.8. The van der Waals surface area contributed by atoms with E-state index in [1.807, 2.05) is 18.2 Å². The van der Waals surface area contributed by atoms with Crippen LogP contribution in [0.4, 0.5) is 5.69 Å². The molecule has 0 aliphatic heterocycles. The molecule has 0 N–H and O–H groups in total. The highest BCUT2D eigenvalue weighted by molar-refractivity contribution is 5.39. The first kappa shape index (κ1) is 10.6. The van der Waals surface area contributed by atoms with Crippen LogP contribution >= 0.6 is 0 Å². The molecule has 1 aromatic carbocycles. The molecule has 0 heterocycles. The van der Waals surface area contributed by atoms with Crippen LogP contribution < -0.4 is 0 Å². The van der Waals surface area contributed by atoms with E-state index in [0.717, 1.165) is 0 Å². The molecule has 1 aromatic rings. The molecule has 0 fully saturated rings. The normalized spacial score (nSPS) is 9.27. The summed E-state index contributed by atoms with van der Waals surface area (Å²) >= 11 is 0. The SMILES string of the molecule is CC(N=Nc1ccccc1)=C(C#N)C#N. The van der Waals surface area contributed by atoms with Crippen LogP contribution in [0.25, 0.3) is 0 Å². The number of hydrogen-bond acceptors (Lipinski definition) is 4. The summed E-state index contributed by atoms with van der Waals surface area (Å²) in [5.74, 6) is 0. The van der Waals surface area contributed by atoms with Crippen LogP contribution in [0, 0.1) is 22.7 Å². The number of nitrogens with zero attached hydrogens (tertiary/aromatic N) is 4. The van der Waals surface area contributed by atoms with E-state index in [4.69, 9.17) is 10.5 Å². The van der Waals surface area contributed by atoms with Gasteiger partial charge in [0.05, 0.1) is 11.4 Å². The summed E-state index contributed by atoms with van der Waals surface area (Å²) in [6.07, 6.45) is 0. The fourth-order valence-corrected chi connectivity index (χ4v) is 0.864. The van der Waals surface area contributed by atoms with Crippen LogP contribution in [0.3, 0.4) is 0 Å². The molecule has 15 heavy (non-hydrogen) atoms. The Morgan fingerprint density at radius 2 is 1.73 bits per heavy atom.